The molecule has 1 saturated carbocycles. The molecule has 2 fully saturated rings. The first-order valence-electron chi connectivity index (χ1n) is 9.99. The summed E-state index contributed by atoms with van der Waals surface area (Å²) in [6.45, 7) is 1.55. The van der Waals surface area contributed by atoms with Gasteiger partial charge in [0.1, 0.15) is 0 Å². The summed E-state index contributed by atoms with van der Waals surface area (Å²) >= 11 is 0. The Hall–Kier alpha value is -1.59. The summed E-state index contributed by atoms with van der Waals surface area (Å²) in [5, 5.41) is 22.8. The van der Waals surface area contributed by atoms with Crippen LogP contribution in [0.1, 0.15) is 56.9 Å². The van der Waals surface area contributed by atoms with Crippen LogP contribution < -0.4 is 5.32 Å². The standard InChI is InChI=1S/C21H32N2O3/c24-17-21(26)12-7-14-23(15-13-21)19(25)22-16-20(10-5-2-6-11-20)18-8-3-1-4-9-18/h1,3-4,8-9,24,26H,2,5-7,10-17H2,(H,22,25)/t21-/m0/s1. The molecule has 3 N–H and O–H groups in total. The Labute approximate surface area is 156 Å². The second-order valence-corrected chi connectivity index (χ2v) is 8.09. The lowest BCUT2D eigenvalue weighted by molar-refractivity contribution is -0.0248. The molecule has 1 atom stereocenters. The zero-order valence-electron chi connectivity index (χ0n) is 15.6. The fourth-order valence-corrected chi connectivity index (χ4v) is 4.48. The van der Waals surface area contributed by atoms with Crippen molar-refractivity contribution < 1.29 is 15.0 Å². The molecule has 3 rings (SSSR count). The summed E-state index contributed by atoms with van der Waals surface area (Å²) in [5.74, 6) is 0. The summed E-state index contributed by atoms with van der Waals surface area (Å²) < 4.78 is 0. The minimum atomic E-state index is -1.04. The highest BCUT2D eigenvalue weighted by atomic mass is 16.3. The number of nitrogens with zero attached hydrogens (tertiary/aromatic N) is 1. The largest absolute Gasteiger partial charge is 0.393 e. The van der Waals surface area contributed by atoms with E-state index in [-0.39, 0.29) is 18.1 Å². The van der Waals surface area contributed by atoms with Gasteiger partial charge < -0.3 is 20.4 Å². The van der Waals surface area contributed by atoms with Crippen LogP contribution in [0.2, 0.25) is 0 Å². The molecule has 1 aromatic rings. The molecule has 0 aromatic heterocycles. The van der Waals surface area contributed by atoms with E-state index >= 15 is 0 Å². The number of urea groups is 1. The predicted molar refractivity (Wildman–Crippen MR) is 102 cm³/mol. The van der Waals surface area contributed by atoms with Crippen molar-refractivity contribution in [3.8, 4) is 0 Å². The average molecular weight is 360 g/mol. The Bertz CT molecular complexity index is 586. The number of carbonyl (C=O) groups is 1. The third-order valence-electron chi connectivity index (χ3n) is 6.27. The minimum absolute atomic E-state index is 0.0346. The highest BCUT2D eigenvalue weighted by Crippen LogP contribution is 2.39. The zero-order valence-corrected chi connectivity index (χ0v) is 15.6. The maximum Gasteiger partial charge on any atom is 0.317 e. The van der Waals surface area contributed by atoms with E-state index in [2.05, 4.69) is 29.6 Å². The Morgan fingerprint density at radius 2 is 1.73 bits per heavy atom. The zero-order chi connectivity index (χ0) is 18.5. The van der Waals surface area contributed by atoms with E-state index in [9.17, 15) is 15.0 Å². The maximum absolute atomic E-state index is 12.7. The molecule has 0 unspecified atom stereocenters. The van der Waals surface area contributed by atoms with Crippen LogP contribution in [0.25, 0.3) is 0 Å². The average Bonchev–Trinajstić information content (AvgIpc) is 2.90. The SMILES string of the molecule is O=C(NCC1(c2ccccc2)CCCCC1)N1CCC[C@@](O)(CO)CC1. The second kappa shape index (κ2) is 8.40. The second-order valence-electron chi connectivity index (χ2n) is 8.09. The smallest absolute Gasteiger partial charge is 0.317 e. The number of amides is 2. The molecule has 0 spiro atoms. The van der Waals surface area contributed by atoms with Crippen LogP contribution in [0.15, 0.2) is 30.3 Å². The molecule has 144 valence electrons. The van der Waals surface area contributed by atoms with Crippen molar-refractivity contribution in [2.24, 2.45) is 0 Å². The lowest BCUT2D eigenvalue weighted by Gasteiger charge is -2.38. The number of aliphatic hydroxyl groups excluding tert-OH is 1. The summed E-state index contributed by atoms with van der Waals surface area (Å²) in [5.41, 5.74) is 0.321. The van der Waals surface area contributed by atoms with E-state index in [1.54, 1.807) is 4.90 Å². The van der Waals surface area contributed by atoms with Gasteiger partial charge in [-0.25, -0.2) is 4.79 Å². The Kier molecular flexibility index (Phi) is 6.20. The molecule has 0 bridgehead atoms. The molecule has 1 aliphatic carbocycles. The monoisotopic (exact) mass is 360 g/mol. The van der Waals surface area contributed by atoms with Crippen LogP contribution in [0.3, 0.4) is 0 Å². The molecule has 5 nitrogen and oxygen atoms in total. The van der Waals surface area contributed by atoms with Crippen LogP contribution >= 0.6 is 0 Å². The van der Waals surface area contributed by atoms with E-state index in [0.717, 1.165) is 12.8 Å². The highest BCUT2D eigenvalue weighted by molar-refractivity contribution is 5.74. The number of rotatable bonds is 4. The Balaban J connectivity index is 1.63. The van der Waals surface area contributed by atoms with Gasteiger partial charge in [-0.1, -0.05) is 49.6 Å². The van der Waals surface area contributed by atoms with Gasteiger partial charge in [0.2, 0.25) is 0 Å². The number of hydrogen-bond acceptors (Lipinski definition) is 3. The van der Waals surface area contributed by atoms with E-state index in [1.165, 1.54) is 24.8 Å². The van der Waals surface area contributed by atoms with Gasteiger partial charge in [0.25, 0.3) is 0 Å². The molecular formula is C21H32N2O3. The van der Waals surface area contributed by atoms with Gasteiger partial charge in [0, 0.05) is 25.0 Å². The molecule has 1 aliphatic heterocycles. The fourth-order valence-electron chi connectivity index (χ4n) is 4.48. The van der Waals surface area contributed by atoms with Crippen molar-refractivity contribution in [2.75, 3.05) is 26.2 Å². The van der Waals surface area contributed by atoms with Gasteiger partial charge in [0.05, 0.1) is 12.2 Å². The van der Waals surface area contributed by atoms with Crippen LogP contribution in [-0.4, -0.2) is 53.0 Å². The first-order valence-corrected chi connectivity index (χ1v) is 9.99. The molecule has 2 aliphatic rings. The van der Waals surface area contributed by atoms with Gasteiger partial charge in [-0.05, 0) is 37.7 Å². The molecule has 26 heavy (non-hydrogen) atoms. The number of benzene rings is 1. The van der Waals surface area contributed by atoms with Crippen molar-refractivity contribution >= 4 is 6.03 Å². The molecule has 1 saturated heterocycles. The quantitative estimate of drug-likeness (QED) is 0.773. The van der Waals surface area contributed by atoms with Crippen LogP contribution in [-0.2, 0) is 5.41 Å². The van der Waals surface area contributed by atoms with E-state index in [1.807, 2.05) is 6.07 Å². The lowest BCUT2D eigenvalue weighted by Crippen LogP contribution is -2.48. The number of aliphatic hydroxyl groups is 2. The van der Waals surface area contributed by atoms with E-state index < -0.39 is 5.60 Å². The Morgan fingerprint density at radius 3 is 2.42 bits per heavy atom. The third kappa shape index (κ3) is 4.38. The first-order chi connectivity index (χ1) is 12.6. The first kappa shape index (κ1) is 19.2. The molecule has 2 amide bonds. The normalized spacial score (nSPS) is 26.2. The molecule has 1 heterocycles. The van der Waals surface area contributed by atoms with Crippen molar-refractivity contribution in [2.45, 2.75) is 62.4 Å². The van der Waals surface area contributed by atoms with E-state index in [0.29, 0.717) is 38.9 Å². The van der Waals surface area contributed by atoms with Crippen LogP contribution in [0, 0.1) is 0 Å². The van der Waals surface area contributed by atoms with Crippen molar-refractivity contribution in [1.29, 1.82) is 0 Å². The number of likely N-dealkylation sites (tertiary alicyclic amines) is 1. The number of carbonyl (C=O) groups excluding carboxylic acids is 1. The molecular weight excluding hydrogens is 328 g/mol. The summed E-state index contributed by atoms with van der Waals surface area (Å²) in [4.78, 5) is 14.5. The molecule has 1 aromatic carbocycles. The van der Waals surface area contributed by atoms with E-state index in [4.69, 9.17) is 0 Å². The molecule has 5 heteroatoms. The van der Waals surface area contributed by atoms with Gasteiger partial charge in [-0.3, -0.25) is 0 Å². The molecule has 0 radical (unpaired) electrons. The fraction of sp³-hybridized carbons (Fsp3) is 0.667. The third-order valence-corrected chi connectivity index (χ3v) is 6.27. The van der Waals surface area contributed by atoms with Crippen molar-refractivity contribution in [1.82, 2.24) is 10.2 Å². The van der Waals surface area contributed by atoms with Crippen LogP contribution in [0.5, 0.6) is 0 Å². The van der Waals surface area contributed by atoms with Crippen molar-refractivity contribution in [3.63, 3.8) is 0 Å². The summed E-state index contributed by atoms with van der Waals surface area (Å²) in [6.07, 6.45) is 7.60. The predicted octanol–water partition coefficient (Wildman–Crippen LogP) is 2.81. The van der Waals surface area contributed by atoms with Crippen molar-refractivity contribution in [3.05, 3.63) is 35.9 Å². The highest BCUT2D eigenvalue weighted by Gasteiger charge is 2.35. The van der Waals surface area contributed by atoms with Gasteiger partial charge >= 0.3 is 6.03 Å². The van der Waals surface area contributed by atoms with Crippen LogP contribution in [0.4, 0.5) is 4.79 Å². The Morgan fingerprint density at radius 1 is 1.00 bits per heavy atom. The topological polar surface area (TPSA) is 72.8 Å². The summed E-state index contributed by atoms with van der Waals surface area (Å²) in [7, 11) is 0. The van der Waals surface area contributed by atoms with Gasteiger partial charge in [0.15, 0.2) is 0 Å². The van der Waals surface area contributed by atoms with Gasteiger partial charge in [-0.15, -0.1) is 0 Å². The number of nitrogens with one attached hydrogen (secondary N) is 1. The lowest BCUT2D eigenvalue weighted by atomic mass is 9.69. The summed E-state index contributed by atoms with van der Waals surface area (Å²) in [6, 6.07) is 10.5. The minimum Gasteiger partial charge on any atom is -0.393 e. The maximum atomic E-state index is 12.7. The number of hydrogen-bond donors (Lipinski definition) is 3. The van der Waals surface area contributed by atoms with Gasteiger partial charge in [-0.2, -0.15) is 0 Å².